The molecule has 0 radical (unpaired) electrons. The molecular formula is C22H25N4O3+. The Balaban J connectivity index is 1.66. The first-order valence-corrected chi connectivity index (χ1v) is 9.88. The number of likely N-dealkylation sites (tertiary alicyclic amines) is 1. The number of hydrogen-bond donors (Lipinski definition) is 1. The van der Waals surface area contributed by atoms with Gasteiger partial charge >= 0.3 is 5.69 Å². The van der Waals surface area contributed by atoms with Gasteiger partial charge in [-0.3, -0.25) is 4.79 Å². The molecule has 7 heteroatoms. The summed E-state index contributed by atoms with van der Waals surface area (Å²) in [6.07, 6.45) is 3.42. The van der Waals surface area contributed by atoms with Gasteiger partial charge in [-0.15, -0.1) is 0 Å². The van der Waals surface area contributed by atoms with Gasteiger partial charge in [-0.05, 0) is 44.1 Å². The Hall–Kier alpha value is -3.19. The van der Waals surface area contributed by atoms with E-state index in [0.717, 1.165) is 54.7 Å². The quantitative estimate of drug-likeness (QED) is 0.457. The van der Waals surface area contributed by atoms with E-state index in [1.54, 1.807) is 24.3 Å². The third kappa shape index (κ3) is 3.86. The van der Waals surface area contributed by atoms with Gasteiger partial charge in [0, 0.05) is 36.3 Å². The van der Waals surface area contributed by atoms with E-state index in [1.165, 1.54) is 20.0 Å². The van der Waals surface area contributed by atoms with Crippen LogP contribution in [0.4, 0.5) is 17.1 Å². The second kappa shape index (κ2) is 8.45. The number of aldehydes is 1. The molecule has 0 saturated carbocycles. The molecule has 1 saturated heterocycles. The summed E-state index contributed by atoms with van der Waals surface area (Å²) < 4.78 is 2.10. The molecule has 7 nitrogen and oxygen atoms in total. The van der Waals surface area contributed by atoms with Crippen molar-refractivity contribution in [3.8, 4) is 0 Å². The summed E-state index contributed by atoms with van der Waals surface area (Å²) in [4.78, 5) is 31.2. The molecule has 1 N–H and O–H groups in total. The number of para-hydroxylation sites is 1. The minimum Gasteiger partial charge on any atom is -0.353 e. The highest BCUT2D eigenvalue weighted by molar-refractivity contribution is 6.03. The Kier molecular flexibility index (Phi) is 5.57. The van der Waals surface area contributed by atoms with Crippen molar-refractivity contribution in [2.24, 2.45) is 0 Å². The number of carbonyl (C=O) groups excluding carboxylic acids is 1. The van der Waals surface area contributed by atoms with Crippen LogP contribution in [0.3, 0.4) is 0 Å². The zero-order chi connectivity index (χ0) is 20.2. The van der Waals surface area contributed by atoms with E-state index in [0.29, 0.717) is 16.3 Å². The molecule has 0 aliphatic carbocycles. The van der Waals surface area contributed by atoms with E-state index in [2.05, 4.69) is 25.7 Å². The first-order valence-electron chi connectivity index (χ1n) is 9.88. The van der Waals surface area contributed by atoms with Gasteiger partial charge in [0.15, 0.2) is 13.4 Å². The van der Waals surface area contributed by atoms with E-state index >= 15 is 0 Å². The topological polar surface area (TPSA) is 66.6 Å². The highest BCUT2D eigenvalue weighted by Crippen LogP contribution is 2.33. The van der Waals surface area contributed by atoms with Crippen LogP contribution in [0.15, 0.2) is 48.5 Å². The minimum atomic E-state index is 0.404. The number of hydrogen-bond acceptors (Lipinski definition) is 5. The van der Waals surface area contributed by atoms with E-state index < -0.39 is 0 Å². The maximum Gasteiger partial charge on any atom is 0.316 e. The molecule has 29 heavy (non-hydrogen) atoms. The van der Waals surface area contributed by atoms with Crippen LogP contribution in [-0.2, 0) is 11.4 Å². The average Bonchev–Trinajstić information content (AvgIpc) is 3.38. The predicted octanol–water partition coefficient (Wildman–Crippen LogP) is 4.27. The highest BCUT2D eigenvalue weighted by atomic mass is 16.8. The average molecular weight is 393 g/mol. The first-order chi connectivity index (χ1) is 14.2. The van der Waals surface area contributed by atoms with E-state index in [4.69, 9.17) is 0 Å². The zero-order valence-electron chi connectivity index (χ0n) is 16.5. The van der Waals surface area contributed by atoms with Crippen LogP contribution < -0.4 is 5.32 Å². The van der Waals surface area contributed by atoms with Gasteiger partial charge in [0.1, 0.15) is 5.69 Å². The number of benzene rings is 2. The molecule has 150 valence electrons. The SMILES string of the molecule is CO[N+](=O)c1ccc(Nc2c(C=O)n(CCN3CCCC3)c3ccccc23)cc1. The van der Waals surface area contributed by atoms with Gasteiger partial charge < -0.3 is 14.8 Å². The van der Waals surface area contributed by atoms with Gasteiger partial charge in [0.2, 0.25) is 0 Å². The maximum atomic E-state index is 12.0. The summed E-state index contributed by atoms with van der Waals surface area (Å²) >= 11 is 0. The van der Waals surface area contributed by atoms with Crippen LogP contribution in [0.5, 0.6) is 0 Å². The van der Waals surface area contributed by atoms with Crippen LogP contribution in [0.2, 0.25) is 0 Å². The van der Waals surface area contributed by atoms with Gasteiger partial charge in [-0.25, -0.2) is 4.84 Å². The van der Waals surface area contributed by atoms with Crippen LogP contribution in [0.25, 0.3) is 10.9 Å². The monoisotopic (exact) mass is 393 g/mol. The fraction of sp³-hybridized carbons (Fsp3) is 0.318. The summed E-state index contributed by atoms with van der Waals surface area (Å²) in [6, 6.07) is 15.0. The van der Waals surface area contributed by atoms with Crippen molar-refractivity contribution in [3.63, 3.8) is 0 Å². The van der Waals surface area contributed by atoms with Gasteiger partial charge in [0.05, 0.1) is 16.1 Å². The fourth-order valence-corrected chi connectivity index (χ4v) is 3.98. The number of anilines is 2. The summed E-state index contributed by atoms with van der Waals surface area (Å²) in [6.45, 7) is 3.97. The van der Waals surface area contributed by atoms with E-state index in [9.17, 15) is 9.70 Å². The third-order valence-electron chi connectivity index (χ3n) is 5.47. The molecule has 0 atom stereocenters. The molecule has 4 rings (SSSR count). The number of carbonyl (C=O) groups is 1. The molecule has 0 amide bonds. The number of aromatic nitrogens is 1. The maximum absolute atomic E-state index is 12.0. The number of fused-ring (bicyclic) bond motifs is 1. The van der Waals surface area contributed by atoms with Crippen molar-refractivity contribution >= 4 is 34.3 Å². The number of rotatable bonds is 8. The second-order valence-corrected chi connectivity index (χ2v) is 7.21. The van der Waals surface area contributed by atoms with Gasteiger partial charge in [-0.2, -0.15) is 0 Å². The lowest BCUT2D eigenvalue weighted by molar-refractivity contribution is -0.736. The van der Waals surface area contributed by atoms with Crippen molar-refractivity contribution in [1.29, 1.82) is 0 Å². The van der Waals surface area contributed by atoms with Crippen molar-refractivity contribution in [2.45, 2.75) is 19.4 Å². The molecule has 0 unspecified atom stereocenters. The smallest absolute Gasteiger partial charge is 0.316 e. The van der Waals surface area contributed by atoms with Crippen molar-refractivity contribution in [1.82, 2.24) is 9.47 Å². The normalized spacial score (nSPS) is 14.2. The molecule has 1 aliphatic rings. The van der Waals surface area contributed by atoms with Gasteiger partial charge in [0.25, 0.3) is 4.92 Å². The highest BCUT2D eigenvalue weighted by Gasteiger charge is 2.19. The molecule has 3 aromatic rings. The van der Waals surface area contributed by atoms with Crippen molar-refractivity contribution < 1.29 is 14.6 Å². The summed E-state index contributed by atoms with van der Waals surface area (Å²) in [5.74, 6) is 0. The summed E-state index contributed by atoms with van der Waals surface area (Å²) in [5.41, 5.74) is 3.66. The van der Waals surface area contributed by atoms with Crippen LogP contribution in [-0.4, -0.2) is 47.4 Å². The van der Waals surface area contributed by atoms with Gasteiger partial charge in [-0.1, -0.05) is 18.2 Å². The standard InChI is InChI=1S/C22H24N4O3/c1-29-26(28)18-10-8-17(9-11-18)23-22-19-6-2-3-7-20(19)25(21(22)16-27)15-14-24-12-4-5-13-24/h2-3,6-11,16H,4-5,12-15H2,1H3/p+1. The molecule has 2 aromatic carbocycles. The Morgan fingerprint density at radius 2 is 1.79 bits per heavy atom. The number of nitrogens with one attached hydrogen (secondary N) is 1. The molecule has 0 bridgehead atoms. The Morgan fingerprint density at radius 1 is 1.07 bits per heavy atom. The molecule has 2 heterocycles. The van der Waals surface area contributed by atoms with Crippen LogP contribution in [0, 0.1) is 4.91 Å². The molecule has 1 aromatic heterocycles. The van der Waals surface area contributed by atoms with E-state index in [-0.39, 0.29) is 0 Å². The molecule has 1 fully saturated rings. The second-order valence-electron chi connectivity index (χ2n) is 7.21. The fourth-order valence-electron chi connectivity index (χ4n) is 3.98. The van der Waals surface area contributed by atoms with Crippen LogP contribution in [0.1, 0.15) is 23.3 Å². The number of nitrogens with zero attached hydrogens (tertiary/aromatic N) is 3. The first kappa shape index (κ1) is 19.1. The van der Waals surface area contributed by atoms with Crippen molar-refractivity contribution in [2.75, 3.05) is 32.1 Å². The summed E-state index contributed by atoms with van der Waals surface area (Å²) in [5, 5.41) is 4.37. The van der Waals surface area contributed by atoms with Crippen LogP contribution >= 0.6 is 0 Å². The largest absolute Gasteiger partial charge is 0.353 e. The Bertz CT molecular complexity index is 1020. The molecular weight excluding hydrogens is 368 g/mol. The third-order valence-corrected chi connectivity index (χ3v) is 5.47. The predicted molar refractivity (Wildman–Crippen MR) is 113 cm³/mol. The van der Waals surface area contributed by atoms with Crippen molar-refractivity contribution in [3.05, 3.63) is 59.1 Å². The minimum absolute atomic E-state index is 0.404. The molecule has 0 spiro atoms. The summed E-state index contributed by atoms with van der Waals surface area (Å²) in [7, 11) is 1.33. The molecule has 1 aliphatic heterocycles. The lowest BCUT2D eigenvalue weighted by Gasteiger charge is -2.16. The van der Waals surface area contributed by atoms with E-state index in [1.807, 2.05) is 18.2 Å². The lowest BCUT2D eigenvalue weighted by Crippen LogP contribution is -2.24. The zero-order valence-corrected chi connectivity index (χ0v) is 16.5. The Morgan fingerprint density at radius 3 is 2.48 bits per heavy atom. The Labute approximate surface area is 169 Å². The lowest BCUT2D eigenvalue weighted by atomic mass is 10.2.